The molecule has 2 aliphatic rings. The van der Waals surface area contributed by atoms with E-state index in [1.165, 1.54) is 11.1 Å². The number of imidazole rings is 1. The highest BCUT2D eigenvalue weighted by Gasteiger charge is 2.22. The van der Waals surface area contributed by atoms with Gasteiger partial charge in [-0.05, 0) is 29.9 Å². The third-order valence-corrected chi connectivity index (χ3v) is 5.64. The Morgan fingerprint density at radius 2 is 2.15 bits per heavy atom. The van der Waals surface area contributed by atoms with Crippen molar-refractivity contribution in [1.29, 1.82) is 0 Å². The number of aryl methyl sites for hydroxylation is 1. The molecule has 4 rings (SSSR count). The van der Waals surface area contributed by atoms with Gasteiger partial charge in [0.2, 0.25) is 0 Å². The summed E-state index contributed by atoms with van der Waals surface area (Å²) in [5, 5.41) is 13.2. The van der Waals surface area contributed by atoms with Crippen LogP contribution in [0.25, 0.3) is 0 Å². The summed E-state index contributed by atoms with van der Waals surface area (Å²) in [6.45, 7) is 5.75. The summed E-state index contributed by atoms with van der Waals surface area (Å²) in [6, 6.07) is 8.46. The third-order valence-electron chi connectivity index (χ3n) is 5.64. The van der Waals surface area contributed by atoms with E-state index >= 15 is 0 Å². The van der Waals surface area contributed by atoms with Crippen molar-refractivity contribution in [2.75, 3.05) is 19.6 Å². The van der Waals surface area contributed by atoms with Crippen molar-refractivity contribution < 1.29 is 9.90 Å². The maximum atomic E-state index is 12.4. The summed E-state index contributed by atoms with van der Waals surface area (Å²) in [5.41, 5.74) is 3.19. The molecule has 2 aromatic rings. The summed E-state index contributed by atoms with van der Waals surface area (Å²) in [4.78, 5) is 19.1. The predicted octanol–water partition coefficient (Wildman–Crippen LogP) is 1.61. The fourth-order valence-corrected chi connectivity index (χ4v) is 4.10. The van der Waals surface area contributed by atoms with Gasteiger partial charge in [-0.1, -0.05) is 31.2 Å². The Bertz CT molecular complexity index is 816. The van der Waals surface area contributed by atoms with Crippen LogP contribution in [0.5, 0.6) is 0 Å². The van der Waals surface area contributed by atoms with Crippen LogP contribution in [-0.4, -0.2) is 51.2 Å². The molecule has 3 heterocycles. The number of carbonyl (C=O) groups excluding carboxylic acids is 1. The van der Waals surface area contributed by atoms with Crippen LogP contribution >= 0.6 is 0 Å². The Labute approximate surface area is 160 Å². The average molecular weight is 368 g/mol. The minimum atomic E-state index is -0.587. The van der Waals surface area contributed by atoms with Gasteiger partial charge in [-0.15, -0.1) is 0 Å². The van der Waals surface area contributed by atoms with Crippen LogP contribution in [0, 0.1) is 5.92 Å². The van der Waals surface area contributed by atoms with Crippen molar-refractivity contribution in [2.24, 2.45) is 5.92 Å². The van der Waals surface area contributed by atoms with Crippen LogP contribution in [0.4, 0.5) is 0 Å². The average Bonchev–Trinajstić information content (AvgIpc) is 3.09. The van der Waals surface area contributed by atoms with E-state index in [1.54, 1.807) is 0 Å². The maximum Gasteiger partial charge on any atom is 0.271 e. The lowest BCUT2D eigenvalue weighted by molar-refractivity contribution is 0.0838. The highest BCUT2D eigenvalue weighted by molar-refractivity contribution is 5.92. The van der Waals surface area contributed by atoms with Gasteiger partial charge in [0.05, 0.1) is 6.10 Å². The normalized spacial score (nSPS) is 20.6. The number of hydrogen-bond donors (Lipinski definition) is 2. The Hall–Kier alpha value is -2.18. The van der Waals surface area contributed by atoms with E-state index in [0.717, 1.165) is 44.7 Å². The topological polar surface area (TPSA) is 70.4 Å². The van der Waals surface area contributed by atoms with Crippen LogP contribution in [0.3, 0.4) is 0 Å². The largest absolute Gasteiger partial charge is 0.390 e. The minimum absolute atomic E-state index is 0.201. The molecule has 2 unspecified atom stereocenters. The first-order valence-electron chi connectivity index (χ1n) is 9.90. The molecule has 0 radical (unpaired) electrons. The number of nitrogens with zero attached hydrogens (tertiary/aromatic N) is 3. The van der Waals surface area contributed by atoms with E-state index < -0.39 is 6.10 Å². The molecule has 2 atom stereocenters. The van der Waals surface area contributed by atoms with Gasteiger partial charge in [0.25, 0.3) is 5.91 Å². The zero-order valence-electron chi connectivity index (χ0n) is 15.9. The van der Waals surface area contributed by atoms with Gasteiger partial charge >= 0.3 is 0 Å². The fraction of sp³-hybridized carbons (Fsp3) is 0.524. The lowest BCUT2D eigenvalue weighted by Gasteiger charge is -2.30. The first kappa shape index (κ1) is 18.2. The SMILES string of the molecule is CC1CCc2nc(C(=O)NCC(O)CN3CCc4ccccc4C3)cn2C1. The Morgan fingerprint density at radius 3 is 3.00 bits per heavy atom. The molecular formula is C21H28N4O2. The van der Waals surface area contributed by atoms with E-state index in [4.69, 9.17) is 0 Å². The number of β-amino-alcohol motifs (C(OH)–C–C–N with tert-alkyl or cyclic N) is 1. The van der Waals surface area contributed by atoms with Crippen molar-refractivity contribution in [3.05, 3.63) is 53.1 Å². The number of hydrogen-bond acceptors (Lipinski definition) is 4. The zero-order valence-corrected chi connectivity index (χ0v) is 15.9. The third kappa shape index (κ3) is 4.22. The van der Waals surface area contributed by atoms with Crippen LogP contribution in [0.1, 0.15) is 40.8 Å². The zero-order chi connectivity index (χ0) is 18.8. The van der Waals surface area contributed by atoms with E-state index in [-0.39, 0.29) is 12.5 Å². The molecule has 0 fully saturated rings. The van der Waals surface area contributed by atoms with Gasteiger partial charge in [0, 0.05) is 45.3 Å². The number of fused-ring (bicyclic) bond motifs is 2. The van der Waals surface area contributed by atoms with Crippen molar-refractivity contribution in [2.45, 2.75) is 45.4 Å². The quantitative estimate of drug-likeness (QED) is 0.841. The Morgan fingerprint density at radius 1 is 1.33 bits per heavy atom. The van der Waals surface area contributed by atoms with E-state index in [2.05, 4.69) is 51.0 Å². The van der Waals surface area contributed by atoms with Crippen molar-refractivity contribution >= 4 is 5.91 Å². The van der Waals surface area contributed by atoms with E-state index in [1.807, 2.05) is 6.20 Å². The number of amides is 1. The second-order valence-corrected chi connectivity index (χ2v) is 7.96. The summed E-state index contributed by atoms with van der Waals surface area (Å²) in [6.07, 6.45) is 4.31. The number of aliphatic hydroxyl groups is 1. The summed E-state index contributed by atoms with van der Waals surface area (Å²) in [5.74, 6) is 1.41. The highest BCUT2D eigenvalue weighted by Crippen LogP contribution is 2.20. The smallest absolute Gasteiger partial charge is 0.271 e. The molecule has 2 N–H and O–H groups in total. The molecule has 144 valence electrons. The van der Waals surface area contributed by atoms with Crippen molar-refractivity contribution in [3.8, 4) is 0 Å². The highest BCUT2D eigenvalue weighted by atomic mass is 16.3. The lowest BCUT2D eigenvalue weighted by atomic mass is 10.00. The first-order valence-corrected chi connectivity index (χ1v) is 9.90. The van der Waals surface area contributed by atoms with Gasteiger partial charge in [-0.2, -0.15) is 0 Å². The second-order valence-electron chi connectivity index (χ2n) is 7.96. The van der Waals surface area contributed by atoms with Crippen LogP contribution < -0.4 is 5.32 Å². The molecule has 27 heavy (non-hydrogen) atoms. The molecule has 0 aliphatic carbocycles. The second kappa shape index (κ2) is 7.82. The number of rotatable bonds is 5. The molecule has 0 bridgehead atoms. The molecule has 6 nitrogen and oxygen atoms in total. The van der Waals surface area contributed by atoms with Gasteiger partial charge in [-0.25, -0.2) is 4.98 Å². The monoisotopic (exact) mass is 368 g/mol. The van der Waals surface area contributed by atoms with Crippen LogP contribution in [0.2, 0.25) is 0 Å². The van der Waals surface area contributed by atoms with Gasteiger partial charge in [0.15, 0.2) is 0 Å². The standard InChI is InChI=1S/C21H28N4O2/c1-15-6-7-20-23-19(14-25(20)11-15)21(27)22-10-18(26)13-24-9-8-16-4-2-3-5-17(16)12-24/h2-5,14-15,18,26H,6-13H2,1H3,(H,22,27). The van der Waals surface area contributed by atoms with Crippen LogP contribution in [0.15, 0.2) is 30.5 Å². The Balaban J connectivity index is 1.27. The van der Waals surface area contributed by atoms with E-state index in [0.29, 0.717) is 18.2 Å². The molecular weight excluding hydrogens is 340 g/mol. The van der Waals surface area contributed by atoms with Crippen LogP contribution in [-0.2, 0) is 25.9 Å². The molecule has 6 heteroatoms. The molecule has 0 saturated carbocycles. The minimum Gasteiger partial charge on any atom is -0.390 e. The molecule has 0 spiro atoms. The number of carbonyl (C=O) groups is 1. The molecule has 2 aliphatic heterocycles. The first-order chi connectivity index (χ1) is 13.1. The maximum absolute atomic E-state index is 12.4. The number of aromatic nitrogens is 2. The molecule has 1 aromatic carbocycles. The van der Waals surface area contributed by atoms with E-state index in [9.17, 15) is 9.90 Å². The Kier molecular flexibility index (Phi) is 5.27. The van der Waals surface area contributed by atoms with Crippen molar-refractivity contribution in [1.82, 2.24) is 19.8 Å². The number of aliphatic hydroxyl groups excluding tert-OH is 1. The molecule has 0 saturated heterocycles. The summed E-state index contributed by atoms with van der Waals surface area (Å²) in [7, 11) is 0. The summed E-state index contributed by atoms with van der Waals surface area (Å²) >= 11 is 0. The lowest BCUT2D eigenvalue weighted by Crippen LogP contribution is -2.42. The van der Waals surface area contributed by atoms with Gasteiger partial charge in [0.1, 0.15) is 11.5 Å². The molecule has 1 amide bonds. The summed E-state index contributed by atoms with van der Waals surface area (Å²) < 4.78 is 2.09. The number of benzene rings is 1. The predicted molar refractivity (Wildman–Crippen MR) is 103 cm³/mol. The molecule has 1 aromatic heterocycles. The van der Waals surface area contributed by atoms with Crippen molar-refractivity contribution in [3.63, 3.8) is 0 Å². The fourth-order valence-electron chi connectivity index (χ4n) is 4.10. The van der Waals surface area contributed by atoms with Gasteiger partial charge in [-0.3, -0.25) is 9.69 Å². The van der Waals surface area contributed by atoms with Gasteiger partial charge < -0.3 is 15.0 Å². The number of nitrogens with one attached hydrogen (secondary N) is 1.